The number of rotatable bonds is 2. The number of carbonyl (C=O) groups excluding carboxylic acids is 1. The molecule has 1 unspecified atom stereocenters. The molecule has 0 N–H and O–H groups in total. The van der Waals surface area contributed by atoms with Crippen molar-refractivity contribution in [2.45, 2.75) is 58.3 Å². The Morgan fingerprint density at radius 1 is 1.12 bits per heavy atom. The number of hydrogen-bond donors (Lipinski definition) is 0. The molecule has 1 atom stereocenters. The summed E-state index contributed by atoms with van der Waals surface area (Å²) in [6, 6.07) is 0. The van der Waals surface area contributed by atoms with Gasteiger partial charge in [0, 0.05) is 5.92 Å². The third kappa shape index (κ3) is 5.29. The van der Waals surface area contributed by atoms with Crippen molar-refractivity contribution < 1.29 is 4.79 Å². The smallest absolute Gasteiger partial charge is 0.126 e. The highest BCUT2D eigenvalue weighted by Crippen LogP contribution is 2.19. The molecule has 0 aromatic heterocycles. The minimum absolute atomic E-state index is 0.0904. The largest absolute Gasteiger partial charge is 0.303 e. The standard InChI is InChI=1S/C15H24O/c1-14(13-16)15-11-9-7-5-3-2-4-6-8-10-12-15/h7,9,11,13-14H,2-6,8,10,12H2,1H3/b9-7-,15-11+. The Bertz CT molecular complexity index is 250. The highest BCUT2D eigenvalue weighted by molar-refractivity contribution is 5.58. The average molecular weight is 220 g/mol. The van der Waals surface area contributed by atoms with Gasteiger partial charge in [0.1, 0.15) is 6.29 Å². The van der Waals surface area contributed by atoms with Crippen LogP contribution in [0.15, 0.2) is 23.8 Å². The summed E-state index contributed by atoms with van der Waals surface area (Å²) in [5.41, 5.74) is 1.30. The van der Waals surface area contributed by atoms with E-state index in [4.69, 9.17) is 0 Å². The monoisotopic (exact) mass is 220 g/mol. The topological polar surface area (TPSA) is 17.1 Å². The summed E-state index contributed by atoms with van der Waals surface area (Å²) in [6.07, 6.45) is 17.8. The van der Waals surface area contributed by atoms with Crippen molar-refractivity contribution in [2.75, 3.05) is 0 Å². The zero-order valence-corrected chi connectivity index (χ0v) is 10.5. The van der Waals surface area contributed by atoms with Crippen LogP contribution in [0.1, 0.15) is 58.3 Å². The summed E-state index contributed by atoms with van der Waals surface area (Å²) in [5, 5.41) is 0. The molecule has 0 aromatic rings. The predicted octanol–water partition coefficient (Wildman–Crippen LogP) is 4.44. The van der Waals surface area contributed by atoms with Crippen LogP contribution in [0.2, 0.25) is 0 Å². The van der Waals surface area contributed by atoms with E-state index in [-0.39, 0.29) is 5.92 Å². The number of aldehydes is 1. The predicted molar refractivity (Wildman–Crippen MR) is 69.4 cm³/mol. The van der Waals surface area contributed by atoms with Crippen molar-refractivity contribution in [3.8, 4) is 0 Å². The molecule has 0 bridgehead atoms. The van der Waals surface area contributed by atoms with Gasteiger partial charge in [-0.05, 0) is 25.7 Å². The zero-order valence-electron chi connectivity index (χ0n) is 10.5. The molecule has 0 spiro atoms. The van der Waals surface area contributed by atoms with Gasteiger partial charge in [0.05, 0.1) is 0 Å². The molecular weight excluding hydrogens is 196 g/mol. The summed E-state index contributed by atoms with van der Waals surface area (Å²) in [5.74, 6) is 0.0904. The van der Waals surface area contributed by atoms with Gasteiger partial charge in [-0.2, -0.15) is 0 Å². The van der Waals surface area contributed by atoms with Crippen LogP contribution in [-0.2, 0) is 4.79 Å². The Labute approximate surface area is 99.6 Å². The molecule has 0 aliphatic heterocycles. The lowest BCUT2D eigenvalue weighted by molar-refractivity contribution is -0.109. The van der Waals surface area contributed by atoms with Gasteiger partial charge < -0.3 is 4.79 Å². The number of carbonyl (C=O) groups is 1. The molecule has 90 valence electrons. The maximum atomic E-state index is 10.8. The second kappa shape index (κ2) is 8.32. The van der Waals surface area contributed by atoms with Crippen LogP contribution >= 0.6 is 0 Å². The van der Waals surface area contributed by atoms with Crippen LogP contribution in [0.3, 0.4) is 0 Å². The van der Waals surface area contributed by atoms with Crippen LogP contribution in [0.25, 0.3) is 0 Å². The Balaban J connectivity index is 2.57. The zero-order chi connectivity index (χ0) is 11.6. The van der Waals surface area contributed by atoms with E-state index in [1.165, 1.54) is 50.5 Å². The molecule has 1 aliphatic rings. The molecule has 0 radical (unpaired) electrons. The molecular formula is C15H24O. The lowest BCUT2D eigenvalue weighted by Crippen LogP contribution is -2.01. The Morgan fingerprint density at radius 3 is 2.56 bits per heavy atom. The molecule has 0 amide bonds. The van der Waals surface area contributed by atoms with Gasteiger partial charge >= 0.3 is 0 Å². The third-order valence-electron chi connectivity index (χ3n) is 3.32. The lowest BCUT2D eigenvalue weighted by atomic mass is 9.95. The molecule has 1 rings (SSSR count). The van der Waals surface area contributed by atoms with Gasteiger partial charge in [0.15, 0.2) is 0 Å². The van der Waals surface area contributed by atoms with Crippen LogP contribution in [0, 0.1) is 5.92 Å². The van der Waals surface area contributed by atoms with E-state index in [1.54, 1.807) is 0 Å². The normalized spacial score (nSPS) is 26.7. The fraction of sp³-hybridized carbons (Fsp3) is 0.667. The lowest BCUT2D eigenvalue weighted by Gasteiger charge is -2.10. The maximum absolute atomic E-state index is 10.8. The first-order valence-corrected chi connectivity index (χ1v) is 6.65. The summed E-state index contributed by atoms with van der Waals surface area (Å²) in [4.78, 5) is 10.8. The highest BCUT2D eigenvalue weighted by atomic mass is 16.1. The quantitative estimate of drug-likeness (QED) is 0.629. The van der Waals surface area contributed by atoms with E-state index < -0.39 is 0 Å². The molecule has 0 fully saturated rings. The van der Waals surface area contributed by atoms with E-state index >= 15 is 0 Å². The molecule has 16 heavy (non-hydrogen) atoms. The van der Waals surface area contributed by atoms with E-state index in [2.05, 4.69) is 18.2 Å². The van der Waals surface area contributed by atoms with Crippen LogP contribution in [0.4, 0.5) is 0 Å². The highest BCUT2D eigenvalue weighted by Gasteiger charge is 2.06. The molecule has 1 nitrogen and oxygen atoms in total. The summed E-state index contributed by atoms with van der Waals surface area (Å²) in [6.45, 7) is 2.00. The van der Waals surface area contributed by atoms with Crippen molar-refractivity contribution in [2.24, 2.45) is 5.92 Å². The van der Waals surface area contributed by atoms with Crippen molar-refractivity contribution in [3.63, 3.8) is 0 Å². The number of hydrogen-bond acceptors (Lipinski definition) is 1. The van der Waals surface area contributed by atoms with Gasteiger partial charge in [-0.1, -0.05) is 56.4 Å². The average Bonchev–Trinajstić information content (AvgIpc) is 2.29. The van der Waals surface area contributed by atoms with E-state index in [0.29, 0.717) is 0 Å². The summed E-state index contributed by atoms with van der Waals surface area (Å²) < 4.78 is 0. The SMILES string of the molecule is CC(C=O)/C1=C/C=C\CCCCCCCC1. The third-order valence-corrected chi connectivity index (χ3v) is 3.32. The van der Waals surface area contributed by atoms with Gasteiger partial charge in [-0.25, -0.2) is 0 Å². The van der Waals surface area contributed by atoms with Gasteiger partial charge in [0.25, 0.3) is 0 Å². The maximum Gasteiger partial charge on any atom is 0.126 e. The van der Waals surface area contributed by atoms with Crippen molar-refractivity contribution in [3.05, 3.63) is 23.8 Å². The van der Waals surface area contributed by atoms with E-state index in [1.807, 2.05) is 6.92 Å². The molecule has 0 saturated heterocycles. The van der Waals surface area contributed by atoms with Crippen molar-refractivity contribution in [1.82, 2.24) is 0 Å². The minimum atomic E-state index is 0.0904. The van der Waals surface area contributed by atoms with Crippen molar-refractivity contribution in [1.29, 1.82) is 0 Å². The molecule has 1 heteroatoms. The fourth-order valence-electron chi connectivity index (χ4n) is 2.14. The second-order valence-corrected chi connectivity index (χ2v) is 4.75. The van der Waals surface area contributed by atoms with Gasteiger partial charge in [-0.15, -0.1) is 0 Å². The summed E-state index contributed by atoms with van der Waals surface area (Å²) >= 11 is 0. The molecule has 0 aromatic carbocycles. The first-order valence-electron chi connectivity index (χ1n) is 6.65. The van der Waals surface area contributed by atoms with Gasteiger partial charge in [-0.3, -0.25) is 0 Å². The Kier molecular flexibility index (Phi) is 6.87. The summed E-state index contributed by atoms with van der Waals surface area (Å²) in [7, 11) is 0. The Morgan fingerprint density at radius 2 is 1.81 bits per heavy atom. The van der Waals surface area contributed by atoms with Crippen molar-refractivity contribution >= 4 is 6.29 Å². The Hall–Kier alpha value is -0.850. The van der Waals surface area contributed by atoms with E-state index in [0.717, 1.165) is 12.7 Å². The van der Waals surface area contributed by atoms with E-state index in [9.17, 15) is 4.79 Å². The molecule has 1 aliphatic carbocycles. The van der Waals surface area contributed by atoms with Gasteiger partial charge in [0.2, 0.25) is 0 Å². The molecule has 0 heterocycles. The second-order valence-electron chi connectivity index (χ2n) is 4.75. The van der Waals surface area contributed by atoms with Crippen LogP contribution < -0.4 is 0 Å². The first kappa shape index (κ1) is 13.2. The molecule has 0 saturated carbocycles. The first-order chi connectivity index (χ1) is 7.84. The number of allylic oxidation sites excluding steroid dienone is 4. The minimum Gasteiger partial charge on any atom is -0.303 e. The fourth-order valence-corrected chi connectivity index (χ4v) is 2.14. The van der Waals surface area contributed by atoms with Crippen LogP contribution in [-0.4, -0.2) is 6.29 Å². The van der Waals surface area contributed by atoms with Crippen LogP contribution in [0.5, 0.6) is 0 Å².